The summed E-state index contributed by atoms with van der Waals surface area (Å²) < 4.78 is 0.974. The molecule has 94 valence electrons. The molecule has 2 N–H and O–H groups in total. The van der Waals surface area contributed by atoms with E-state index in [1.54, 1.807) is 12.3 Å². The third-order valence-electron chi connectivity index (χ3n) is 2.83. The molecule has 0 unspecified atom stereocenters. The quantitative estimate of drug-likeness (QED) is 0.759. The number of benzene rings is 2. The number of fused-ring (bicyclic) bond motifs is 1. The number of nitrogens with zero attached hydrogens (tertiary/aromatic N) is 1. The highest BCUT2D eigenvalue weighted by molar-refractivity contribution is 9.10. The van der Waals surface area contributed by atoms with E-state index < -0.39 is 0 Å². The zero-order chi connectivity index (χ0) is 13.2. The van der Waals surface area contributed by atoms with Crippen LogP contribution < -0.4 is 5.32 Å². The molecule has 0 aliphatic carbocycles. The third-order valence-corrected chi connectivity index (χ3v) is 3.36. The number of carbonyl (C=O) groups is 1. The van der Waals surface area contributed by atoms with E-state index in [0.717, 1.165) is 21.1 Å². The fourth-order valence-corrected chi connectivity index (χ4v) is 2.16. The largest absolute Gasteiger partial charge is 0.322 e. The Bertz CT molecular complexity index is 734. The van der Waals surface area contributed by atoms with E-state index in [0.29, 0.717) is 5.56 Å². The first-order chi connectivity index (χ1) is 9.24. The van der Waals surface area contributed by atoms with Gasteiger partial charge in [-0.15, -0.1) is 0 Å². The van der Waals surface area contributed by atoms with Gasteiger partial charge in [-0.05, 0) is 36.4 Å². The van der Waals surface area contributed by atoms with Crippen LogP contribution in [-0.2, 0) is 0 Å². The normalized spacial score (nSPS) is 10.6. The minimum absolute atomic E-state index is 0.144. The lowest BCUT2D eigenvalue weighted by atomic mass is 10.1. The van der Waals surface area contributed by atoms with Crippen LogP contribution in [0.2, 0.25) is 0 Å². The van der Waals surface area contributed by atoms with Crippen LogP contribution >= 0.6 is 15.9 Å². The summed E-state index contributed by atoms with van der Waals surface area (Å²) in [6.07, 6.45) is 1.66. The maximum Gasteiger partial charge on any atom is 0.256 e. The van der Waals surface area contributed by atoms with Crippen molar-refractivity contribution in [2.45, 2.75) is 0 Å². The van der Waals surface area contributed by atoms with Crippen LogP contribution in [0.15, 0.2) is 53.1 Å². The van der Waals surface area contributed by atoms with Crippen molar-refractivity contribution in [2.24, 2.45) is 0 Å². The first-order valence-electron chi connectivity index (χ1n) is 5.73. The summed E-state index contributed by atoms with van der Waals surface area (Å²) >= 11 is 3.36. The SMILES string of the molecule is O=C(Nc1ccc(Br)cc1)c1cccc2[nH]ncc12. The summed E-state index contributed by atoms with van der Waals surface area (Å²) in [5.41, 5.74) is 2.21. The smallest absolute Gasteiger partial charge is 0.256 e. The molecule has 0 radical (unpaired) electrons. The van der Waals surface area contributed by atoms with Gasteiger partial charge >= 0.3 is 0 Å². The highest BCUT2D eigenvalue weighted by atomic mass is 79.9. The number of halogens is 1. The van der Waals surface area contributed by atoms with E-state index in [1.165, 1.54) is 0 Å². The second-order valence-electron chi connectivity index (χ2n) is 4.10. The standard InChI is InChI=1S/C14H10BrN3O/c15-9-4-6-10(7-5-9)17-14(19)11-2-1-3-13-12(11)8-16-18-13/h1-8H,(H,16,18)(H,17,19). The second-order valence-corrected chi connectivity index (χ2v) is 5.01. The average Bonchev–Trinajstić information content (AvgIpc) is 2.89. The number of carbonyl (C=O) groups excluding carboxylic acids is 1. The monoisotopic (exact) mass is 315 g/mol. The number of hydrogen-bond donors (Lipinski definition) is 2. The van der Waals surface area contributed by atoms with Crippen molar-refractivity contribution < 1.29 is 4.79 Å². The van der Waals surface area contributed by atoms with E-state index in [9.17, 15) is 4.79 Å². The van der Waals surface area contributed by atoms with Gasteiger partial charge in [0.25, 0.3) is 5.91 Å². The minimum atomic E-state index is -0.144. The van der Waals surface area contributed by atoms with Crippen LogP contribution in [0, 0.1) is 0 Å². The number of aromatic amines is 1. The molecule has 1 amide bonds. The predicted octanol–water partition coefficient (Wildman–Crippen LogP) is 3.58. The maximum atomic E-state index is 12.2. The number of anilines is 1. The first-order valence-corrected chi connectivity index (χ1v) is 6.52. The van der Waals surface area contributed by atoms with Gasteiger partial charge < -0.3 is 5.32 Å². The Kier molecular flexibility index (Phi) is 3.05. The molecule has 0 spiro atoms. The molecule has 0 atom stereocenters. The topological polar surface area (TPSA) is 57.8 Å². The molecule has 3 aromatic rings. The number of aromatic nitrogens is 2. The molecular formula is C14H10BrN3O. The van der Waals surface area contributed by atoms with Crippen LogP contribution in [-0.4, -0.2) is 16.1 Å². The molecule has 3 rings (SSSR count). The lowest BCUT2D eigenvalue weighted by Gasteiger charge is -2.06. The molecule has 4 nitrogen and oxygen atoms in total. The summed E-state index contributed by atoms with van der Waals surface area (Å²) in [5, 5.41) is 10.5. The van der Waals surface area contributed by atoms with Crippen molar-refractivity contribution in [3.8, 4) is 0 Å². The number of nitrogens with one attached hydrogen (secondary N) is 2. The zero-order valence-electron chi connectivity index (χ0n) is 9.85. The fraction of sp³-hybridized carbons (Fsp3) is 0. The van der Waals surface area contributed by atoms with E-state index in [2.05, 4.69) is 31.4 Å². The Morgan fingerprint density at radius 3 is 2.74 bits per heavy atom. The Morgan fingerprint density at radius 1 is 1.16 bits per heavy atom. The molecule has 0 aliphatic heterocycles. The molecule has 0 fully saturated rings. The van der Waals surface area contributed by atoms with Crippen LogP contribution in [0.25, 0.3) is 10.9 Å². The van der Waals surface area contributed by atoms with Gasteiger partial charge in [0.05, 0.1) is 17.3 Å². The molecule has 1 heterocycles. The Labute approximate surface area is 118 Å². The zero-order valence-corrected chi connectivity index (χ0v) is 11.4. The summed E-state index contributed by atoms with van der Waals surface area (Å²) in [4.78, 5) is 12.2. The average molecular weight is 316 g/mol. The molecule has 2 aromatic carbocycles. The van der Waals surface area contributed by atoms with Gasteiger partial charge in [0.2, 0.25) is 0 Å². The number of hydrogen-bond acceptors (Lipinski definition) is 2. The van der Waals surface area contributed by atoms with Crippen molar-refractivity contribution >= 4 is 38.4 Å². The highest BCUT2D eigenvalue weighted by Crippen LogP contribution is 2.19. The fourth-order valence-electron chi connectivity index (χ4n) is 1.90. The Balaban J connectivity index is 1.92. The highest BCUT2D eigenvalue weighted by Gasteiger charge is 2.11. The summed E-state index contributed by atoms with van der Waals surface area (Å²) in [5.74, 6) is -0.144. The van der Waals surface area contributed by atoms with Crippen LogP contribution in [0.3, 0.4) is 0 Å². The predicted molar refractivity (Wildman–Crippen MR) is 78.2 cm³/mol. The maximum absolute atomic E-state index is 12.2. The molecular weight excluding hydrogens is 306 g/mol. The van der Waals surface area contributed by atoms with Gasteiger partial charge in [0.1, 0.15) is 0 Å². The molecule has 1 aromatic heterocycles. The van der Waals surface area contributed by atoms with Crippen molar-refractivity contribution in [3.63, 3.8) is 0 Å². The summed E-state index contributed by atoms with van der Waals surface area (Å²) in [6, 6.07) is 13.0. The van der Waals surface area contributed by atoms with Crippen molar-refractivity contribution in [3.05, 3.63) is 58.7 Å². The number of H-pyrrole nitrogens is 1. The van der Waals surface area contributed by atoms with Crippen LogP contribution in [0.1, 0.15) is 10.4 Å². The molecule has 0 saturated heterocycles. The molecule has 19 heavy (non-hydrogen) atoms. The summed E-state index contributed by atoms with van der Waals surface area (Å²) in [7, 11) is 0. The second kappa shape index (κ2) is 4.85. The summed E-state index contributed by atoms with van der Waals surface area (Å²) in [6.45, 7) is 0. The minimum Gasteiger partial charge on any atom is -0.322 e. The molecule has 0 saturated carbocycles. The number of rotatable bonds is 2. The van der Waals surface area contributed by atoms with E-state index >= 15 is 0 Å². The van der Waals surface area contributed by atoms with E-state index in [4.69, 9.17) is 0 Å². The lowest BCUT2D eigenvalue weighted by molar-refractivity contribution is 0.102. The van der Waals surface area contributed by atoms with Crippen molar-refractivity contribution in [1.29, 1.82) is 0 Å². The van der Waals surface area contributed by atoms with E-state index in [-0.39, 0.29) is 5.91 Å². The van der Waals surface area contributed by atoms with Gasteiger partial charge in [0.15, 0.2) is 0 Å². The van der Waals surface area contributed by atoms with Gasteiger partial charge in [-0.1, -0.05) is 22.0 Å². The molecule has 0 bridgehead atoms. The van der Waals surface area contributed by atoms with Crippen molar-refractivity contribution in [2.75, 3.05) is 5.32 Å². The first kappa shape index (κ1) is 11.9. The van der Waals surface area contributed by atoms with Crippen LogP contribution in [0.5, 0.6) is 0 Å². The van der Waals surface area contributed by atoms with Gasteiger partial charge in [-0.25, -0.2) is 0 Å². The van der Waals surface area contributed by atoms with Gasteiger partial charge in [-0.3, -0.25) is 9.89 Å². The van der Waals surface area contributed by atoms with Gasteiger partial charge in [0, 0.05) is 15.5 Å². The Hall–Kier alpha value is -2.14. The number of amides is 1. The third kappa shape index (κ3) is 2.37. The molecule has 5 heteroatoms. The van der Waals surface area contributed by atoms with Crippen molar-refractivity contribution in [1.82, 2.24) is 10.2 Å². The van der Waals surface area contributed by atoms with E-state index in [1.807, 2.05) is 36.4 Å². The van der Waals surface area contributed by atoms with Gasteiger partial charge in [-0.2, -0.15) is 5.10 Å². The lowest BCUT2D eigenvalue weighted by Crippen LogP contribution is -2.11. The van der Waals surface area contributed by atoms with Crippen LogP contribution in [0.4, 0.5) is 5.69 Å². The molecule has 0 aliphatic rings. The Morgan fingerprint density at radius 2 is 1.95 bits per heavy atom.